The number of carbonyl (C=O) groups is 1. The van der Waals surface area contributed by atoms with Crippen LogP contribution < -0.4 is 11.1 Å². The predicted molar refractivity (Wildman–Crippen MR) is 138 cm³/mol. The lowest BCUT2D eigenvalue weighted by Crippen LogP contribution is -2.44. The Morgan fingerprint density at radius 1 is 0.865 bits per heavy atom. The smallest absolute Gasteiger partial charge is 0.243 e. The van der Waals surface area contributed by atoms with Crippen molar-refractivity contribution in [3.8, 4) is 11.1 Å². The van der Waals surface area contributed by atoms with E-state index in [1.807, 2.05) is 24.3 Å². The van der Waals surface area contributed by atoms with Gasteiger partial charge in [0.15, 0.2) is 0 Å². The highest BCUT2D eigenvalue weighted by Crippen LogP contribution is 2.37. The highest BCUT2D eigenvalue weighted by atomic mass is 32.2. The second-order valence-corrected chi connectivity index (χ2v) is 11.0. The summed E-state index contributed by atoms with van der Waals surface area (Å²) in [7, 11) is -3.60. The Kier molecular flexibility index (Phi) is 7.20. The summed E-state index contributed by atoms with van der Waals surface area (Å²) in [5.74, 6) is 0.0630. The molecule has 3 heterocycles. The van der Waals surface area contributed by atoms with E-state index in [0.29, 0.717) is 58.0 Å². The Bertz CT molecular complexity index is 1330. The highest BCUT2D eigenvalue weighted by Gasteiger charge is 2.41. The summed E-state index contributed by atoms with van der Waals surface area (Å²) >= 11 is 0. The van der Waals surface area contributed by atoms with Crippen molar-refractivity contribution in [3.05, 3.63) is 66.5 Å². The van der Waals surface area contributed by atoms with Crippen LogP contribution in [0.1, 0.15) is 18.4 Å². The molecule has 194 valence electrons. The van der Waals surface area contributed by atoms with Crippen LogP contribution in [0.4, 0.5) is 11.6 Å². The molecular formula is C26H29N5O5S. The summed E-state index contributed by atoms with van der Waals surface area (Å²) in [6, 6.07) is 14.1. The fourth-order valence-electron chi connectivity index (χ4n) is 4.73. The number of nitrogens with one attached hydrogen (secondary N) is 1. The van der Waals surface area contributed by atoms with Crippen molar-refractivity contribution in [3.63, 3.8) is 0 Å². The third kappa shape index (κ3) is 5.21. The van der Waals surface area contributed by atoms with Crippen molar-refractivity contribution < 1.29 is 22.7 Å². The van der Waals surface area contributed by atoms with Crippen LogP contribution in [0.5, 0.6) is 0 Å². The van der Waals surface area contributed by atoms with Gasteiger partial charge in [-0.2, -0.15) is 4.31 Å². The first-order chi connectivity index (χ1) is 17.9. The molecule has 0 spiro atoms. The number of sulfonamides is 1. The quantitative estimate of drug-likeness (QED) is 0.503. The lowest BCUT2D eigenvalue weighted by molar-refractivity contribution is -0.125. The van der Waals surface area contributed by atoms with E-state index in [1.165, 1.54) is 16.4 Å². The molecule has 0 bridgehead atoms. The molecule has 2 fully saturated rings. The zero-order valence-corrected chi connectivity index (χ0v) is 21.1. The molecule has 3 N–H and O–H groups in total. The summed E-state index contributed by atoms with van der Waals surface area (Å²) in [5, 5.41) is 3.00. The molecule has 2 saturated heterocycles. The van der Waals surface area contributed by atoms with Gasteiger partial charge in [0.25, 0.3) is 0 Å². The molecule has 2 aliphatic rings. The van der Waals surface area contributed by atoms with Crippen LogP contribution in [-0.2, 0) is 29.7 Å². The van der Waals surface area contributed by atoms with Crippen molar-refractivity contribution in [1.29, 1.82) is 0 Å². The lowest BCUT2D eigenvalue weighted by atomic mass is 9.73. The number of anilines is 2. The van der Waals surface area contributed by atoms with Crippen molar-refractivity contribution >= 4 is 27.6 Å². The Hall–Kier alpha value is -3.38. The first kappa shape index (κ1) is 25.3. The van der Waals surface area contributed by atoms with Crippen LogP contribution in [0.15, 0.2) is 65.8 Å². The minimum atomic E-state index is -3.60. The number of hydrogen-bond acceptors (Lipinski definition) is 8. The molecule has 11 heteroatoms. The minimum absolute atomic E-state index is 0.150. The van der Waals surface area contributed by atoms with Crippen molar-refractivity contribution in [2.45, 2.75) is 23.2 Å². The van der Waals surface area contributed by atoms with E-state index < -0.39 is 15.4 Å². The Morgan fingerprint density at radius 3 is 2.08 bits per heavy atom. The van der Waals surface area contributed by atoms with Gasteiger partial charge < -0.3 is 20.5 Å². The second-order valence-electron chi connectivity index (χ2n) is 9.10. The molecule has 0 unspecified atom stereocenters. The molecule has 0 radical (unpaired) electrons. The normalized spacial score (nSPS) is 18.3. The molecule has 3 aromatic rings. The van der Waals surface area contributed by atoms with Crippen molar-refractivity contribution in [2.75, 3.05) is 50.6 Å². The number of rotatable bonds is 6. The number of ether oxygens (including phenoxy) is 2. The molecule has 37 heavy (non-hydrogen) atoms. The van der Waals surface area contributed by atoms with Gasteiger partial charge in [0.05, 0.1) is 23.5 Å². The largest absolute Gasteiger partial charge is 0.381 e. The minimum Gasteiger partial charge on any atom is -0.381 e. The molecule has 5 rings (SSSR count). The summed E-state index contributed by atoms with van der Waals surface area (Å²) in [6.45, 7) is 2.36. The number of carbonyl (C=O) groups excluding carboxylic acids is 1. The van der Waals surface area contributed by atoms with Gasteiger partial charge in [-0.1, -0.05) is 24.3 Å². The predicted octanol–water partition coefficient (Wildman–Crippen LogP) is 2.43. The van der Waals surface area contributed by atoms with E-state index in [1.54, 1.807) is 24.5 Å². The summed E-state index contributed by atoms with van der Waals surface area (Å²) < 4.78 is 38.1. The summed E-state index contributed by atoms with van der Waals surface area (Å²) in [5.41, 5.74) is 7.99. The molecule has 2 aromatic carbocycles. The number of benzene rings is 2. The zero-order valence-electron chi connectivity index (χ0n) is 20.3. The second kappa shape index (κ2) is 10.5. The summed E-state index contributed by atoms with van der Waals surface area (Å²) in [6.07, 6.45) is 4.40. The fraction of sp³-hybridized carbons (Fsp3) is 0.346. The maximum absolute atomic E-state index is 13.7. The van der Waals surface area contributed by atoms with Gasteiger partial charge in [0, 0.05) is 49.9 Å². The van der Waals surface area contributed by atoms with E-state index in [9.17, 15) is 13.2 Å². The van der Waals surface area contributed by atoms with Gasteiger partial charge in [0.2, 0.25) is 21.9 Å². The van der Waals surface area contributed by atoms with E-state index in [4.69, 9.17) is 15.2 Å². The van der Waals surface area contributed by atoms with E-state index in [0.717, 1.165) is 16.7 Å². The van der Waals surface area contributed by atoms with E-state index >= 15 is 0 Å². The zero-order chi connectivity index (χ0) is 25.9. The molecule has 0 atom stereocenters. The Morgan fingerprint density at radius 2 is 1.46 bits per heavy atom. The first-order valence-corrected chi connectivity index (χ1v) is 13.6. The molecule has 0 saturated carbocycles. The van der Waals surface area contributed by atoms with Crippen molar-refractivity contribution in [2.24, 2.45) is 0 Å². The molecule has 0 aliphatic carbocycles. The third-order valence-electron chi connectivity index (χ3n) is 6.94. The topological polar surface area (TPSA) is 137 Å². The third-order valence-corrected chi connectivity index (χ3v) is 8.86. The number of aromatic nitrogens is 2. The van der Waals surface area contributed by atoms with E-state index in [-0.39, 0.29) is 16.8 Å². The molecule has 2 aliphatic heterocycles. The fourth-order valence-corrected chi connectivity index (χ4v) is 6.14. The molecular weight excluding hydrogens is 494 g/mol. The number of morpholine rings is 1. The molecule has 1 aromatic heterocycles. The van der Waals surface area contributed by atoms with Gasteiger partial charge >= 0.3 is 0 Å². The number of hydrogen-bond donors (Lipinski definition) is 2. The number of amides is 1. The Balaban J connectivity index is 1.35. The maximum atomic E-state index is 13.7. The van der Waals surface area contributed by atoms with Crippen LogP contribution in [0.25, 0.3) is 11.1 Å². The van der Waals surface area contributed by atoms with Gasteiger partial charge in [-0.3, -0.25) is 4.79 Å². The SMILES string of the molecule is Nc1ncc(-c2ccc(C3(C(=O)Nc4ccc(S(=O)(=O)N5CCOCC5)cc4)CCOCC3)cc2)cn1. The monoisotopic (exact) mass is 523 g/mol. The van der Waals surface area contributed by atoms with Gasteiger partial charge in [-0.25, -0.2) is 18.4 Å². The van der Waals surface area contributed by atoms with Gasteiger partial charge in [0.1, 0.15) is 0 Å². The number of nitrogens with zero attached hydrogens (tertiary/aromatic N) is 3. The standard InChI is InChI=1S/C26H29N5O5S/c27-25-28-17-20(18-29-25)19-1-3-21(4-2-19)26(9-13-35-14-10-26)24(32)30-22-5-7-23(8-6-22)37(33,34)31-11-15-36-16-12-31/h1-8,17-18H,9-16H2,(H,30,32)(H2,27,28,29). The first-order valence-electron chi connectivity index (χ1n) is 12.1. The molecule has 1 amide bonds. The van der Waals surface area contributed by atoms with Crippen LogP contribution in [0.2, 0.25) is 0 Å². The average molecular weight is 524 g/mol. The Labute approximate surface area is 215 Å². The van der Waals surface area contributed by atoms with Gasteiger partial charge in [-0.05, 0) is 48.2 Å². The van der Waals surface area contributed by atoms with Crippen molar-refractivity contribution in [1.82, 2.24) is 14.3 Å². The average Bonchev–Trinajstić information content (AvgIpc) is 2.95. The van der Waals surface area contributed by atoms with E-state index in [2.05, 4.69) is 15.3 Å². The van der Waals surface area contributed by atoms with Crippen LogP contribution >= 0.6 is 0 Å². The highest BCUT2D eigenvalue weighted by molar-refractivity contribution is 7.89. The van der Waals surface area contributed by atoms with Crippen LogP contribution in [0.3, 0.4) is 0 Å². The lowest BCUT2D eigenvalue weighted by Gasteiger charge is -2.36. The number of nitrogen functional groups attached to an aromatic ring is 1. The maximum Gasteiger partial charge on any atom is 0.243 e. The van der Waals surface area contributed by atoms with Gasteiger partial charge in [-0.15, -0.1) is 0 Å². The van der Waals surface area contributed by atoms with Crippen LogP contribution in [0, 0.1) is 0 Å². The number of nitrogens with two attached hydrogens (primary N) is 1. The summed E-state index contributed by atoms with van der Waals surface area (Å²) in [4.78, 5) is 21.9. The van der Waals surface area contributed by atoms with Crippen LogP contribution in [-0.4, -0.2) is 68.1 Å². The molecule has 10 nitrogen and oxygen atoms in total.